The second kappa shape index (κ2) is 8.04. The number of nitrogens with one attached hydrogen (secondary N) is 2. The quantitative estimate of drug-likeness (QED) is 0.643. The molecule has 0 saturated carbocycles. The zero-order chi connectivity index (χ0) is 20.3. The van der Waals surface area contributed by atoms with Gasteiger partial charge in [-0.1, -0.05) is 48.0 Å². The molecule has 9 heteroatoms. The van der Waals surface area contributed by atoms with Gasteiger partial charge in [-0.2, -0.15) is 5.10 Å². The maximum absolute atomic E-state index is 12.7. The van der Waals surface area contributed by atoms with E-state index in [1.54, 1.807) is 31.2 Å². The monoisotopic (exact) mass is 418 g/mol. The SMILES string of the molecule is Cc1nn(-c2ccccc2)c(Cl)c1C(=O)NCc1ccccc1NS(C)(=O)=O. The lowest BCUT2D eigenvalue weighted by molar-refractivity contribution is 0.0950. The number of hydrogen-bond donors (Lipinski definition) is 2. The molecule has 0 unspecified atom stereocenters. The van der Waals surface area contributed by atoms with Gasteiger partial charge in [0.25, 0.3) is 5.91 Å². The zero-order valence-electron chi connectivity index (χ0n) is 15.3. The first-order valence-electron chi connectivity index (χ1n) is 8.40. The molecule has 0 bridgehead atoms. The van der Waals surface area contributed by atoms with Gasteiger partial charge in [-0.15, -0.1) is 0 Å². The Morgan fingerprint density at radius 2 is 1.75 bits per heavy atom. The standard InChI is InChI=1S/C19H19ClN4O3S/c1-13-17(18(20)24(22-13)15-9-4-3-5-10-15)19(25)21-12-14-8-6-7-11-16(14)23-28(2,26)27/h3-11,23H,12H2,1-2H3,(H,21,25). The number of benzene rings is 2. The fraction of sp³-hybridized carbons (Fsp3) is 0.158. The van der Waals surface area contributed by atoms with Gasteiger partial charge in [0, 0.05) is 6.54 Å². The van der Waals surface area contributed by atoms with Crippen LogP contribution in [0, 0.1) is 6.92 Å². The number of carbonyl (C=O) groups is 1. The number of hydrogen-bond acceptors (Lipinski definition) is 4. The van der Waals surface area contributed by atoms with Gasteiger partial charge in [0.2, 0.25) is 10.0 Å². The summed E-state index contributed by atoms with van der Waals surface area (Å²) < 4.78 is 27.0. The lowest BCUT2D eigenvalue weighted by Crippen LogP contribution is -2.24. The van der Waals surface area contributed by atoms with Crippen LogP contribution in [0.3, 0.4) is 0 Å². The van der Waals surface area contributed by atoms with Gasteiger partial charge < -0.3 is 5.32 Å². The summed E-state index contributed by atoms with van der Waals surface area (Å²) in [6.07, 6.45) is 1.07. The first-order chi connectivity index (χ1) is 13.3. The predicted octanol–water partition coefficient (Wildman–Crippen LogP) is 3.14. The van der Waals surface area contributed by atoms with Crippen molar-refractivity contribution in [1.82, 2.24) is 15.1 Å². The summed E-state index contributed by atoms with van der Waals surface area (Å²) in [7, 11) is -3.43. The van der Waals surface area contributed by atoms with E-state index >= 15 is 0 Å². The summed E-state index contributed by atoms with van der Waals surface area (Å²) in [6.45, 7) is 1.84. The van der Waals surface area contributed by atoms with E-state index in [2.05, 4.69) is 15.1 Å². The minimum absolute atomic E-state index is 0.129. The van der Waals surface area contributed by atoms with Crippen LogP contribution in [0.25, 0.3) is 5.69 Å². The Bertz CT molecular complexity index is 1110. The van der Waals surface area contributed by atoms with Crippen LogP contribution >= 0.6 is 11.6 Å². The smallest absolute Gasteiger partial charge is 0.256 e. The van der Waals surface area contributed by atoms with Crippen molar-refractivity contribution in [3.8, 4) is 5.69 Å². The topological polar surface area (TPSA) is 93.1 Å². The first-order valence-corrected chi connectivity index (χ1v) is 10.7. The van der Waals surface area contributed by atoms with E-state index in [9.17, 15) is 13.2 Å². The Morgan fingerprint density at radius 3 is 2.43 bits per heavy atom. The Labute approximate surface area is 168 Å². The molecule has 1 aromatic heterocycles. The van der Waals surface area contributed by atoms with Crippen LogP contribution in [-0.4, -0.2) is 30.4 Å². The number of para-hydroxylation sites is 2. The largest absolute Gasteiger partial charge is 0.348 e. The number of nitrogens with zero attached hydrogens (tertiary/aromatic N) is 2. The van der Waals surface area contributed by atoms with Crippen molar-refractivity contribution in [2.75, 3.05) is 11.0 Å². The minimum atomic E-state index is -3.43. The van der Waals surface area contributed by atoms with Gasteiger partial charge in [0.15, 0.2) is 0 Å². The highest BCUT2D eigenvalue weighted by Gasteiger charge is 2.21. The molecule has 0 aliphatic rings. The maximum Gasteiger partial charge on any atom is 0.256 e. The fourth-order valence-corrected chi connectivity index (χ4v) is 3.69. The van der Waals surface area contributed by atoms with Crippen molar-refractivity contribution in [3.63, 3.8) is 0 Å². The van der Waals surface area contributed by atoms with Gasteiger partial charge in [-0.05, 0) is 30.7 Å². The van der Waals surface area contributed by atoms with E-state index in [1.165, 1.54) is 4.68 Å². The van der Waals surface area contributed by atoms with Crippen molar-refractivity contribution in [3.05, 3.63) is 76.6 Å². The summed E-state index contributed by atoms with van der Waals surface area (Å²) in [5.41, 5.74) is 2.56. The maximum atomic E-state index is 12.7. The molecule has 0 atom stereocenters. The summed E-state index contributed by atoms with van der Waals surface area (Å²) in [6, 6.07) is 16.1. The number of sulfonamides is 1. The number of aryl methyl sites for hydroxylation is 1. The summed E-state index contributed by atoms with van der Waals surface area (Å²) in [5, 5.41) is 7.34. The van der Waals surface area contributed by atoms with Crippen LogP contribution < -0.4 is 10.0 Å². The number of carbonyl (C=O) groups excluding carboxylic acids is 1. The second-order valence-electron chi connectivity index (χ2n) is 6.21. The van der Waals surface area contributed by atoms with E-state index in [-0.39, 0.29) is 23.2 Å². The van der Waals surface area contributed by atoms with E-state index in [1.807, 2.05) is 30.3 Å². The van der Waals surface area contributed by atoms with Gasteiger partial charge in [-0.25, -0.2) is 13.1 Å². The molecule has 2 aromatic carbocycles. The molecule has 1 heterocycles. The van der Waals surface area contributed by atoms with Crippen LogP contribution in [0.1, 0.15) is 21.6 Å². The summed E-state index contributed by atoms with van der Waals surface area (Å²) >= 11 is 6.41. The third-order valence-electron chi connectivity index (χ3n) is 3.98. The molecule has 1 amide bonds. The van der Waals surface area contributed by atoms with Crippen LogP contribution in [0.15, 0.2) is 54.6 Å². The summed E-state index contributed by atoms with van der Waals surface area (Å²) in [5.74, 6) is -0.390. The van der Waals surface area contributed by atoms with Crippen molar-refractivity contribution >= 4 is 33.2 Å². The van der Waals surface area contributed by atoms with E-state index < -0.39 is 10.0 Å². The van der Waals surface area contributed by atoms with Crippen LogP contribution in [-0.2, 0) is 16.6 Å². The van der Waals surface area contributed by atoms with Gasteiger partial charge in [0.1, 0.15) is 5.15 Å². The molecule has 2 N–H and O–H groups in total. The predicted molar refractivity (Wildman–Crippen MR) is 109 cm³/mol. The van der Waals surface area contributed by atoms with Crippen LogP contribution in [0.4, 0.5) is 5.69 Å². The third-order valence-corrected chi connectivity index (χ3v) is 4.92. The van der Waals surface area contributed by atoms with E-state index in [0.717, 1.165) is 11.9 Å². The number of rotatable bonds is 6. The molecule has 3 aromatic rings. The number of anilines is 1. The molecule has 0 aliphatic carbocycles. The molecule has 0 radical (unpaired) electrons. The fourth-order valence-electron chi connectivity index (χ4n) is 2.73. The molecule has 3 rings (SSSR count). The number of amides is 1. The molecule has 0 spiro atoms. The molecule has 0 saturated heterocycles. The highest BCUT2D eigenvalue weighted by Crippen LogP contribution is 2.24. The van der Waals surface area contributed by atoms with Crippen LogP contribution in [0.2, 0.25) is 5.15 Å². The molecule has 0 aliphatic heterocycles. The number of halogens is 1. The Balaban J connectivity index is 1.81. The third kappa shape index (κ3) is 4.52. The van der Waals surface area contributed by atoms with Gasteiger partial charge >= 0.3 is 0 Å². The first kappa shape index (κ1) is 19.9. The lowest BCUT2D eigenvalue weighted by atomic mass is 10.1. The van der Waals surface area contributed by atoms with Crippen molar-refractivity contribution in [2.24, 2.45) is 0 Å². The summed E-state index contributed by atoms with van der Waals surface area (Å²) in [4.78, 5) is 12.7. The van der Waals surface area contributed by atoms with Gasteiger partial charge in [0.05, 0.1) is 28.9 Å². The average molecular weight is 419 g/mol. The lowest BCUT2D eigenvalue weighted by Gasteiger charge is -2.11. The molecule has 0 fully saturated rings. The minimum Gasteiger partial charge on any atom is -0.348 e. The van der Waals surface area contributed by atoms with Crippen molar-refractivity contribution < 1.29 is 13.2 Å². The average Bonchev–Trinajstić information content (AvgIpc) is 2.94. The molecule has 146 valence electrons. The Hall–Kier alpha value is -2.84. The molecule has 7 nitrogen and oxygen atoms in total. The highest BCUT2D eigenvalue weighted by atomic mass is 35.5. The van der Waals surface area contributed by atoms with Gasteiger partial charge in [-0.3, -0.25) is 9.52 Å². The second-order valence-corrected chi connectivity index (χ2v) is 8.32. The molecule has 28 heavy (non-hydrogen) atoms. The molecular formula is C19H19ClN4O3S. The Morgan fingerprint density at radius 1 is 1.11 bits per heavy atom. The zero-order valence-corrected chi connectivity index (χ0v) is 16.9. The molecular weight excluding hydrogens is 400 g/mol. The highest BCUT2D eigenvalue weighted by molar-refractivity contribution is 7.92. The number of aromatic nitrogens is 2. The normalized spacial score (nSPS) is 11.2. The van der Waals surface area contributed by atoms with Crippen molar-refractivity contribution in [2.45, 2.75) is 13.5 Å². The van der Waals surface area contributed by atoms with Crippen LogP contribution in [0.5, 0.6) is 0 Å². The Kier molecular flexibility index (Phi) is 5.71. The van der Waals surface area contributed by atoms with E-state index in [4.69, 9.17) is 11.6 Å². The van der Waals surface area contributed by atoms with Crippen molar-refractivity contribution in [1.29, 1.82) is 0 Å². The van der Waals surface area contributed by atoms with E-state index in [0.29, 0.717) is 16.9 Å².